The molecule has 1 saturated heterocycles. The maximum absolute atomic E-state index is 13.1. The molecular weight excluding hydrogens is 383 g/mol. The first-order valence-electron chi connectivity index (χ1n) is 7.62. The Balaban J connectivity index is 2.08. The van der Waals surface area contributed by atoms with Crippen LogP contribution in [0.5, 0.6) is 0 Å². The zero-order valence-electron chi connectivity index (χ0n) is 13.4. The van der Waals surface area contributed by atoms with Crippen LogP contribution in [0.4, 0.5) is 0 Å². The van der Waals surface area contributed by atoms with Gasteiger partial charge in [0.2, 0.25) is 15.9 Å². The summed E-state index contributed by atoms with van der Waals surface area (Å²) in [7, 11) is -3.90. The number of carbonyl (C=O) groups is 1. The van der Waals surface area contributed by atoms with Crippen LogP contribution in [-0.4, -0.2) is 31.7 Å². The van der Waals surface area contributed by atoms with Gasteiger partial charge in [-0.25, -0.2) is 8.42 Å². The van der Waals surface area contributed by atoms with Gasteiger partial charge in [0, 0.05) is 23.1 Å². The Hall–Kier alpha value is -1.60. The smallest absolute Gasteiger partial charge is 0.244 e. The Kier molecular flexibility index (Phi) is 5.06. The Labute approximate surface area is 156 Å². The first-order chi connectivity index (χ1) is 11.8. The van der Waals surface area contributed by atoms with Gasteiger partial charge in [0.05, 0.1) is 4.90 Å². The van der Waals surface area contributed by atoms with Gasteiger partial charge in [-0.3, -0.25) is 4.79 Å². The van der Waals surface area contributed by atoms with Crippen LogP contribution < -0.4 is 5.32 Å². The number of rotatable bonds is 3. The molecule has 2 aromatic rings. The fraction of sp³-hybridized carbons (Fsp3) is 0.235. The quantitative estimate of drug-likeness (QED) is 0.862. The summed E-state index contributed by atoms with van der Waals surface area (Å²) in [6, 6.07) is 10.2. The normalized spacial score (nSPS) is 18.8. The minimum Gasteiger partial charge on any atom is -0.353 e. The molecule has 25 heavy (non-hydrogen) atoms. The van der Waals surface area contributed by atoms with Crippen LogP contribution in [0.15, 0.2) is 47.4 Å². The van der Waals surface area contributed by atoms with Crippen molar-refractivity contribution in [3.63, 3.8) is 0 Å². The van der Waals surface area contributed by atoms with E-state index in [2.05, 4.69) is 5.32 Å². The van der Waals surface area contributed by atoms with Gasteiger partial charge in [0.1, 0.15) is 6.04 Å². The molecule has 1 aliphatic heterocycles. The Morgan fingerprint density at radius 2 is 1.92 bits per heavy atom. The Morgan fingerprint density at radius 3 is 2.60 bits per heavy atom. The summed E-state index contributed by atoms with van der Waals surface area (Å²) in [5.41, 5.74) is 1.30. The number of carbonyl (C=O) groups excluding carboxylic acids is 1. The van der Waals surface area contributed by atoms with Crippen molar-refractivity contribution in [2.75, 3.05) is 13.1 Å². The number of amides is 1. The zero-order valence-corrected chi connectivity index (χ0v) is 15.7. The summed E-state index contributed by atoms with van der Waals surface area (Å²) in [6.45, 7) is 2.20. The number of benzene rings is 2. The van der Waals surface area contributed by atoms with Gasteiger partial charge < -0.3 is 5.32 Å². The SMILES string of the molecule is Cc1ccc(S(=O)(=O)N2CCNC(=O)C2c2cccc(Cl)c2)cc1Cl. The third kappa shape index (κ3) is 3.53. The van der Waals surface area contributed by atoms with Crippen LogP contribution in [0.1, 0.15) is 17.2 Å². The van der Waals surface area contributed by atoms with E-state index in [4.69, 9.17) is 23.2 Å². The van der Waals surface area contributed by atoms with Crippen molar-refractivity contribution in [2.45, 2.75) is 17.9 Å². The summed E-state index contributed by atoms with van der Waals surface area (Å²) in [5, 5.41) is 3.51. The van der Waals surface area contributed by atoms with Gasteiger partial charge in [-0.15, -0.1) is 0 Å². The summed E-state index contributed by atoms with van der Waals surface area (Å²) < 4.78 is 27.4. The highest BCUT2D eigenvalue weighted by atomic mass is 35.5. The zero-order chi connectivity index (χ0) is 18.2. The third-order valence-electron chi connectivity index (χ3n) is 4.08. The van der Waals surface area contributed by atoms with Crippen LogP contribution in [0.3, 0.4) is 0 Å². The molecule has 0 aliphatic carbocycles. The minimum absolute atomic E-state index is 0.0600. The molecule has 1 fully saturated rings. The van der Waals surface area contributed by atoms with E-state index in [1.165, 1.54) is 16.4 Å². The minimum atomic E-state index is -3.90. The molecule has 5 nitrogen and oxygen atoms in total. The van der Waals surface area contributed by atoms with Crippen LogP contribution in [0.2, 0.25) is 10.0 Å². The number of nitrogens with one attached hydrogen (secondary N) is 1. The molecule has 0 bridgehead atoms. The monoisotopic (exact) mass is 398 g/mol. The van der Waals surface area contributed by atoms with E-state index in [0.717, 1.165) is 5.56 Å². The van der Waals surface area contributed by atoms with E-state index in [-0.39, 0.29) is 23.9 Å². The van der Waals surface area contributed by atoms with Gasteiger partial charge in [0.15, 0.2) is 0 Å². The van der Waals surface area contributed by atoms with Crippen molar-refractivity contribution in [3.05, 3.63) is 63.6 Å². The molecule has 1 unspecified atom stereocenters. The van der Waals surface area contributed by atoms with Crippen molar-refractivity contribution < 1.29 is 13.2 Å². The summed E-state index contributed by atoms with van der Waals surface area (Å²) in [6.07, 6.45) is 0. The van der Waals surface area contributed by atoms with E-state index in [0.29, 0.717) is 15.6 Å². The van der Waals surface area contributed by atoms with Crippen molar-refractivity contribution in [2.24, 2.45) is 0 Å². The molecule has 1 amide bonds. The van der Waals surface area contributed by atoms with Crippen LogP contribution in [0.25, 0.3) is 0 Å². The standard InChI is InChI=1S/C17H16Cl2N2O3S/c1-11-5-6-14(10-15(11)19)25(23,24)21-8-7-20-17(22)16(21)12-3-2-4-13(18)9-12/h2-6,9-10,16H,7-8H2,1H3,(H,20,22). The van der Waals surface area contributed by atoms with Crippen LogP contribution in [0, 0.1) is 6.92 Å². The summed E-state index contributed by atoms with van der Waals surface area (Å²) in [4.78, 5) is 12.5. The van der Waals surface area contributed by atoms with Gasteiger partial charge in [0.25, 0.3) is 0 Å². The Bertz CT molecular complexity index is 931. The summed E-state index contributed by atoms with van der Waals surface area (Å²) >= 11 is 12.1. The average molecular weight is 399 g/mol. The molecule has 1 heterocycles. The van der Waals surface area contributed by atoms with E-state index in [9.17, 15) is 13.2 Å². The van der Waals surface area contributed by atoms with Crippen molar-refractivity contribution in [1.29, 1.82) is 0 Å². The fourth-order valence-electron chi connectivity index (χ4n) is 2.77. The highest BCUT2D eigenvalue weighted by molar-refractivity contribution is 7.89. The van der Waals surface area contributed by atoms with E-state index in [1.54, 1.807) is 37.3 Å². The molecule has 8 heteroatoms. The van der Waals surface area contributed by atoms with E-state index < -0.39 is 16.1 Å². The summed E-state index contributed by atoms with van der Waals surface area (Å²) in [5.74, 6) is -0.379. The number of hydrogen-bond donors (Lipinski definition) is 1. The predicted molar refractivity (Wildman–Crippen MR) is 97.3 cm³/mol. The molecule has 0 aromatic heterocycles. The molecule has 1 N–H and O–H groups in total. The van der Waals surface area contributed by atoms with Crippen LogP contribution >= 0.6 is 23.2 Å². The number of nitrogens with zero attached hydrogens (tertiary/aromatic N) is 1. The Morgan fingerprint density at radius 1 is 1.16 bits per heavy atom. The highest BCUT2D eigenvalue weighted by Crippen LogP contribution is 2.32. The molecule has 1 atom stereocenters. The van der Waals surface area contributed by atoms with Crippen molar-refractivity contribution in [3.8, 4) is 0 Å². The first kappa shape index (κ1) is 18.2. The molecule has 3 rings (SSSR count). The molecule has 0 spiro atoms. The van der Waals surface area contributed by atoms with Gasteiger partial charge in [-0.2, -0.15) is 4.31 Å². The molecule has 132 valence electrons. The second kappa shape index (κ2) is 6.96. The lowest BCUT2D eigenvalue weighted by Crippen LogP contribution is -2.52. The molecule has 0 saturated carbocycles. The van der Waals surface area contributed by atoms with Crippen LogP contribution in [-0.2, 0) is 14.8 Å². The third-order valence-corrected chi connectivity index (χ3v) is 6.58. The first-order valence-corrected chi connectivity index (χ1v) is 9.81. The molecule has 2 aromatic carbocycles. The van der Waals surface area contributed by atoms with Gasteiger partial charge in [-0.05, 0) is 42.3 Å². The highest BCUT2D eigenvalue weighted by Gasteiger charge is 2.39. The molecule has 0 radical (unpaired) electrons. The average Bonchev–Trinajstić information content (AvgIpc) is 2.57. The number of halogens is 2. The number of sulfonamides is 1. The van der Waals surface area contributed by atoms with E-state index in [1.807, 2.05) is 0 Å². The number of aryl methyl sites for hydroxylation is 1. The number of piperazine rings is 1. The second-order valence-corrected chi connectivity index (χ2v) is 8.51. The maximum Gasteiger partial charge on any atom is 0.244 e. The fourth-order valence-corrected chi connectivity index (χ4v) is 4.82. The van der Waals surface area contributed by atoms with Gasteiger partial charge in [-0.1, -0.05) is 41.4 Å². The van der Waals surface area contributed by atoms with Crippen molar-refractivity contribution >= 4 is 39.1 Å². The number of hydrogen-bond acceptors (Lipinski definition) is 3. The van der Waals surface area contributed by atoms with E-state index >= 15 is 0 Å². The largest absolute Gasteiger partial charge is 0.353 e. The molecular formula is C17H16Cl2N2O3S. The second-order valence-electron chi connectivity index (χ2n) is 5.78. The van der Waals surface area contributed by atoms with Gasteiger partial charge >= 0.3 is 0 Å². The predicted octanol–water partition coefficient (Wildman–Crippen LogP) is 3.16. The van der Waals surface area contributed by atoms with Crippen molar-refractivity contribution in [1.82, 2.24) is 9.62 Å². The molecule has 1 aliphatic rings. The topological polar surface area (TPSA) is 66.5 Å². The maximum atomic E-state index is 13.1. The lowest BCUT2D eigenvalue weighted by molar-refractivity contribution is -0.126. The lowest BCUT2D eigenvalue weighted by Gasteiger charge is -2.34. The lowest BCUT2D eigenvalue weighted by atomic mass is 10.0.